The molecule has 0 saturated heterocycles. The summed E-state index contributed by atoms with van der Waals surface area (Å²) in [5.74, 6) is 0.973. The monoisotopic (exact) mass is 193 g/mol. The van der Waals surface area contributed by atoms with Crippen LogP contribution < -0.4 is 5.73 Å². The zero-order valence-corrected chi connectivity index (χ0v) is 7.80. The number of nitrogens with zero attached hydrogens (tertiary/aromatic N) is 2. The molecule has 14 heavy (non-hydrogen) atoms. The Hall–Kier alpha value is -1.62. The Labute approximate surface area is 80.9 Å². The third-order valence-electron chi connectivity index (χ3n) is 1.98. The number of hydrogen-bond acceptors (Lipinski definition) is 5. The largest absolute Gasteiger partial charge is 0.472 e. The molecule has 0 spiro atoms. The minimum atomic E-state index is -0.192. The molecule has 0 aromatic carbocycles. The van der Waals surface area contributed by atoms with E-state index in [4.69, 9.17) is 14.7 Å². The van der Waals surface area contributed by atoms with Crippen LogP contribution in [0.15, 0.2) is 27.5 Å². The molecule has 0 bridgehead atoms. The molecule has 0 saturated carbocycles. The molecule has 0 fully saturated rings. The molecule has 5 nitrogen and oxygen atoms in total. The van der Waals surface area contributed by atoms with Crippen molar-refractivity contribution < 1.29 is 8.94 Å². The highest BCUT2D eigenvalue weighted by Crippen LogP contribution is 2.18. The summed E-state index contributed by atoms with van der Waals surface area (Å²) in [6.45, 7) is 1.96. The summed E-state index contributed by atoms with van der Waals surface area (Å²) in [6, 6.07) is 1.58. The molecule has 1 atom stereocenters. The molecule has 2 N–H and O–H groups in total. The van der Waals surface area contributed by atoms with Crippen LogP contribution in [0.5, 0.6) is 0 Å². The minimum Gasteiger partial charge on any atom is -0.472 e. The van der Waals surface area contributed by atoms with Gasteiger partial charge in [0.05, 0.1) is 17.9 Å². The van der Waals surface area contributed by atoms with Gasteiger partial charge in [0.1, 0.15) is 6.26 Å². The van der Waals surface area contributed by atoms with Crippen molar-refractivity contribution in [1.29, 1.82) is 0 Å². The Morgan fingerprint density at radius 2 is 2.43 bits per heavy atom. The van der Waals surface area contributed by atoms with Crippen molar-refractivity contribution in [1.82, 2.24) is 10.1 Å². The molecular weight excluding hydrogens is 182 g/mol. The van der Waals surface area contributed by atoms with E-state index in [2.05, 4.69) is 10.1 Å². The summed E-state index contributed by atoms with van der Waals surface area (Å²) in [5, 5.41) is 3.80. The Bertz CT molecular complexity index is 394. The number of hydrogen-bond donors (Lipinski definition) is 1. The van der Waals surface area contributed by atoms with Crippen molar-refractivity contribution in [3.05, 3.63) is 24.5 Å². The van der Waals surface area contributed by atoms with Gasteiger partial charge >= 0.3 is 0 Å². The van der Waals surface area contributed by atoms with E-state index < -0.39 is 0 Å². The van der Waals surface area contributed by atoms with E-state index in [1.165, 1.54) is 0 Å². The highest BCUT2D eigenvalue weighted by Gasteiger charge is 2.14. The Morgan fingerprint density at radius 3 is 3.07 bits per heavy atom. The first kappa shape index (κ1) is 8.96. The van der Waals surface area contributed by atoms with Crippen molar-refractivity contribution >= 4 is 0 Å². The number of rotatable bonds is 3. The maximum atomic E-state index is 5.74. The Kier molecular flexibility index (Phi) is 2.32. The highest BCUT2D eigenvalue weighted by atomic mass is 16.5. The third kappa shape index (κ3) is 1.54. The van der Waals surface area contributed by atoms with E-state index in [9.17, 15) is 0 Å². The maximum Gasteiger partial charge on any atom is 0.243 e. The van der Waals surface area contributed by atoms with Crippen LogP contribution in [0.3, 0.4) is 0 Å². The summed E-state index contributed by atoms with van der Waals surface area (Å²) in [4.78, 5) is 4.16. The summed E-state index contributed by atoms with van der Waals surface area (Å²) >= 11 is 0. The zero-order valence-electron chi connectivity index (χ0n) is 7.80. The van der Waals surface area contributed by atoms with E-state index in [0.29, 0.717) is 11.7 Å². The molecule has 0 aliphatic rings. The molecule has 0 amide bonds. The molecule has 5 heteroatoms. The van der Waals surface area contributed by atoms with Gasteiger partial charge in [0, 0.05) is 0 Å². The summed E-state index contributed by atoms with van der Waals surface area (Å²) in [6.07, 6.45) is 3.89. The van der Waals surface area contributed by atoms with Gasteiger partial charge in [-0.1, -0.05) is 12.1 Å². The molecular formula is C9H11N3O2. The second-order valence-corrected chi connectivity index (χ2v) is 2.98. The molecule has 0 aliphatic carbocycles. The lowest BCUT2D eigenvalue weighted by atomic mass is 10.2. The quantitative estimate of drug-likeness (QED) is 0.803. The van der Waals surface area contributed by atoms with Crippen molar-refractivity contribution in [2.75, 3.05) is 0 Å². The lowest BCUT2D eigenvalue weighted by Gasteiger charge is -1.98. The SMILES string of the molecule is CC[C@H](N)c1nc(-c2ccoc2)no1. The average Bonchev–Trinajstić information content (AvgIpc) is 2.86. The van der Waals surface area contributed by atoms with Gasteiger partial charge in [-0.3, -0.25) is 0 Å². The van der Waals surface area contributed by atoms with E-state index in [1.807, 2.05) is 6.92 Å². The Balaban J connectivity index is 2.26. The molecule has 0 unspecified atom stereocenters. The fraction of sp³-hybridized carbons (Fsp3) is 0.333. The number of aromatic nitrogens is 2. The van der Waals surface area contributed by atoms with Crippen molar-refractivity contribution in [2.45, 2.75) is 19.4 Å². The van der Waals surface area contributed by atoms with Gasteiger partial charge in [-0.05, 0) is 12.5 Å². The predicted molar refractivity (Wildman–Crippen MR) is 49.2 cm³/mol. The molecule has 74 valence electrons. The topological polar surface area (TPSA) is 78.1 Å². The minimum absolute atomic E-state index is 0.192. The van der Waals surface area contributed by atoms with Crippen LogP contribution in [-0.2, 0) is 0 Å². The average molecular weight is 193 g/mol. The van der Waals surface area contributed by atoms with Gasteiger partial charge in [-0.15, -0.1) is 0 Å². The van der Waals surface area contributed by atoms with E-state index in [-0.39, 0.29) is 6.04 Å². The Morgan fingerprint density at radius 1 is 1.57 bits per heavy atom. The maximum absolute atomic E-state index is 5.74. The van der Waals surface area contributed by atoms with Crippen LogP contribution in [0.4, 0.5) is 0 Å². The highest BCUT2D eigenvalue weighted by molar-refractivity contribution is 5.51. The molecule has 0 aliphatic heterocycles. The van der Waals surface area contributed by atoms with Gasteiger partial charge in [0.25, 0.3) is 0 Å². The lowest BCUT2D eigenvalue weighted by Crippen LogP contribution is -2.08. The number of furan rings is 1. The standard InChI is InChI=1S/C9H11N3O2/c1-2-7(10)9-11-8(12-14-9)6-3-4-13-5-6/h3-5,7H,2,10H2,1H3/t7-/m0/s1. The van der Waals surface area contributed by atoms with Crippen LogP contribution in [0, 0.1) is 0 Å². The van der Waals surface area contributed by atoms with Crippen LogP contribution >= 0.6 is 0 Å². The van der Waals surface area contributed by atoms with Gasteiger partial charge in [0.15, 0.2) is 0 Å². The fourth-order valence-electron chi connectivity index (χ4n) is 1.07. The van der Waals surface area contributed by atoms with Gasteiger partial charge in [-0.25, -0.2) is 0 Å². The van der Waals surface area contributed by atoms with E-state index >= 15 is 0 Å². The van der Waals surface area contributed by atoms with Crippen LogP contribution in [-0.4, -0.2) is 10.1 Å². The molecule has 2 aromatic heterocycles. The van der Waals surface area contributed by atoms with Crippen molar-refractivity contribution in [3.63, 3.8) is 0 Å². The smallest absolute Gasteiger partial charge is 0.243 e. The number of nitrogens with two attached hydrogens (primary N) is 1. The van der Waals surface area contributed by atoms with Crippen LogP contribution in [0.25, 0.3) is 11.4 Å². The predicted octanol–water partition coefficient (Wildman–Crippen LogP) is 1.74. The third-order valence-corrected chi connectivity index (χ3v) is 1.98. The van der Waals surface area contributed by atoms with E-state index in [1.54, 1.807) is 18.6 Å². The first-order chi connectivity index (χ1) is 6.81. The fourth-order valence-corrected chi connectivity index (χ4v) is 1.07. The second-order valence-electron chi connectivity index (χ2n) is 2.98. The van der Waals surface area contributed by atoms with Gasteiger partial charge in [-0.2, -0.15) is 4.98 Å². The zero-order chi connectivity index (χ0) is 9.97. The summed E-state index contributed by atoms with van der Waals surface area (Å²) < 4.78 is 9.93. The molecule has 2 heterocycles. The van der Waals surface area contributed by atoms with Crippen LogP contribution in [0.2, 0.25) is 0 Å². The van der Waals surface area contributed by atoms with Crippen molar-refractivity contribution in [3.8, 4) is 11.4 Å². The summed E-state index contributed by atoms with van der Waals surface area (Å²) in [5.41, 5.74) is 6.54. The molecule has 0 radical (unpaired) electrons. The van der Waals surface area contributed by atoms with Gasteiger partial charge < -0.3 is 14.7 Å². The van der Waals surface area contributed by atoms with E-state index in [0.717, 1.165) is 12.0 Å². The molecule has 2 rings (SSSR count). The van der Waals surface area contributed by atoms with Gasteiger partial charge in [0.2, 0.25) is 11.7 Å². The summed E-state index contributed by atoms with van der Waals surface area (Å²) in [7, 11) is 0. The lowest BCUT2D eigenvalue weighted by molar-refractivity contribution is 0.352. The normalized spacial score (nSPS) is 13.0. The second kappa shape index (κ2) is 3.63. The van der Waals surface area contributed by atoms with Crippen LogP contribution in [0.1, 0.15) is 25.3 Å². The first-order valence-electron chi connectivity index (χ1n) is 4.43. The van der Waals surface area contributed by atoms with Crippen molar-refractivity contribution in [2.24, 2.45) is 5.73 Å². The molecule has 2 aromatic rings. The first-order valence-corrected chi connectivity index (χ1v) is 4.43.